The first-order valence-electron chi connectivity index (χ1n) is 12.0. The summed E-state index contributed by atoms with van der Waals surface area (Å²) in [7, 11) is 2.99. The van der Waals surface area contributed by atoms with Crippen LogP contribution in [0.3, 0.4) is 0 Å². The molecule has 0 aromatic heterocycles. The number of aliphatic hydroxyl groups excluding tert-OH is 1. The van der Waals surface area contributed by atoms with Crippen LogP contribution < -0.4 is 19.3 Å². The Balaban J connectivity index is 1.95. The number of Topliss-reactive ketones (excluding diaryl/α,β-unsaturated/α-hetero) is 1. The maximum absolute atomic E-state index is 13.5. The number of rotatable bonds is 8. The maximum atomic E-state index is 13.5. The summed E-state index contributed by atoms with van der Waals surface area (Å²) in [6.45, 7) is 5.83. The zero-order valence-corrected chi connectivity index (χ0v) is 22.0. The highest BCUT2D eigenvalue weighted by Crippen LogP contribution is 2.44. The second-order valence-electron chi connectivity index (χ2n) is 8.48. The molecule has 1 unspecified atom stereocenters. The van der Waals surface area contributed by atoms with Crippen LogP contribution in [0.2, 0.25) is 5.02 Å². The molecule has 1 amide bonds. The van der Waals surface area contributed by atoms with Crippen LogP contribution >= 0.6 is 11.6 Å². The third kappa shape index (κ3) is 4.87. The standard InChI is InChI=1S/C29H29ClN2O5/c1-5-31(6-2)20-13-10-18(11-14-20)26-25(27(33)23-16-19(30)12-15-24(23)37-4)28(34)29(35)32(26)21-8-7-9-22(17-21)36-3/h7-17,26,33H,5-6H2,1-4H3/b27-25+. The Kier molecular flexibility index (Phi) is 7.74. The summed E-state index contributed by atoms with van der Waals surface area (Å²) >= 11 is 6.21. The van der Waals surface area contributed by atoms with Crippen LogP contribution in [0, 0.1) is 0 Å². The number of methoxy groups -OCH3 is 2. The highest BCUT2D eigenvalue weighted by atomic mass is 35.5. The summed E-state index contributed by atoms with van der Waals surface area (Å²) in [6.07, 6.45) is 0. The molecule has 0 bridgehead atoms. The van der Waals surface area contributed by atoms with Gasteiger partial charge in [0, 0.05) is 35.6 Å². The highest BCUT2D eigenvalue weighted by molar-refractivity contribution is 6.51. The average Bonchev–Trinajstić information content (AvgIpc) is 3.19. The maximum Gasteiger partial charge on any atom is 0.300 e. The van der Waals surface area contributed by atoms with Crippen molar-refractivity contribution < 1.29 is 24.2 Å². The van der Waals surface area contributed by atoms with E-state index in [9.17, 15) is 14.7 Å². The lowest BCUT2D eigenvalue weighted by Crippen LogP contribution is -2.29. The number of hydrogen-bond donors (Lipinski definition) is 1. The molecule has 4 rings (SSSR count). The summed E-state index contributed by atoms with van der Waals surface area (Å²) in [5.41, 5.74) is 2.33. The van der Waals surface area contributed by atoms with Crippen molar-refractivity contribution in [3.8, 4) is 11.5 Å². The van der Waals surface area contributed by atoms with Gasteiger partial charge in [-0.2, -0.15) is 0 Å². The molecule has 0 spiro atoms. The van der Waals surface area contributed by atoms with Gasteiger partial charge in [0.05, 0.1) is 31.4 Å². The molecule has 1 N–H and O–H groups in total. The fourth-order valence-electron chi connectivity index (χ4n) is 4.64. The average molecular weight is 521 g/mol. The number of ketones is 1. The van der Waals surface area contributed by atoms with E-state index >= 15 is 0 Å². The van der Waals surface area contributed by atoms with Crippen LogP contribution in [-0.2, 0) is 9.59 Å². The van der Waals surface area contributed by atoms with Crippen LogP contribution in [0.5, 0.6) is 11.5 Å². The minimum atomic E-state index is -0.887. The molecule has 0 saturated carbocycles. The third-order valence-electron chi connectivity index (χ3n) is 6.53. The Bertz CT molecular complexity index is 1350. The lowest BCUT2D eigenvalue weighted by Gasteiger charge is -2.27. The van der Waals surface area contributed by atoms with Gasteiger partial charge in [-0.1, -0.05) is 29.8 Å². The topological polar surface area (TPSA) is 79.3 Å². The first-order chi connectivity index (χ1) is 17.8. The highest BCUT2D eigenvalue weighted by Gasteiger charge is 2.47. The van der Waals surface area contributed by atoms with Crippen molar-refractivity contribution in [1.82, 2.24) is 0 Å². The van der Waals surface area contributed by atoms with E-state index in [4.69, 9.17) is 21.1 Å². The summed E-state index contributed by atoms with van der Waals surface area (Å²) < 4.78 is 10.8. The first kappa shape index (κ1) is 26.1. The van der Waals surface area contributed by atoms with E-state index in [1.165, 1.54) is 25.2 Å². The molecule has 8 heteroatoms. The van der Waals surface area contributed by atoms with E-state index < -0.39 is 17.7 Å². The number of hydrogen-bond acceptors (Lipinski definition) is 6. The molecule has 0 radical (unpaired) electrons. The lowest BCUT2D eigenvalue weighted by molar-refractivity contribution is -0.132. The lowest BCUT2D eigenvalue weighted by atomic mass is 9.94. The second kappa shape index (κ2) is 11.0. The number of carbonyl (C=O) groups is 2. The molecular formula is C29H29ClN2O5. The van der Waals surface area contributed by atoms with Crippen molar-refractivity contribution in [2.24, 2.45) is 0 Å². The molecule has 3 aromatic carbocycles. The van der Waals surface area contributed by atoms with Crippen molar-refractivity contribution >= 4 is 40.4 Å². The van der Waals surface area contributed by atoms with E-state index in [0.29, 0.717) is 27.8 Å². The summed E-state index contributed by atoms with van der Waals surface area (Å²) in [5.74, 6) is -1.06. The van der Waals surface area contributed by atoms with E-state index in [2.05, 4.69) is 18.7 Å². The van der Waals surface area contributed by atoms with Crippen LogP contribution in [-0.4, -0.2) is 44.1 Å². The van der Waals surface area contributed by atoms with Crippen molar-refractivity contribution in [3.05, 3.63) is 88.5 Å². The molecule has 1 atom stereocenters. The van der Waals surface area contributed by atoms with E-state index in [1.54, 1.807) is 36.4 Å². The Morgan fingerprint density at radius 2 is 1.68 bits per heavy atom. The molecule has 0 aliphatic carbocycles. The molecule has 1 heterocycles. The van der Waals surface area contributed by atoms with E-state index in [1.807, 2.05) is 24.3 Å². The molecular weight excluding hydrogens is 492 g/mol. The van der Waals surface area contributed by atoms with Crippen molar-refractivity contribution in [2.45, 2.75) is 19.9 Å². The SMILES string of the molecule is CCN(CC)c1ccc(C2/C(=C(\O)c3cc(Cl)ccc3OC)C(=O)C(=O)N2c2cccc(OC)c2)cc1. The van der Waals surface area contributed by atoms with Crippen LogP contribution in [0.1, 0.15) is 31.0 Å². The Labute approximate surface area is 221 Å². The molecule has 1 aliphatic rings. The molecule has 192 valence electrons. The fraction of sp³-hybridized carbons (Fsp3) is 0.241. The normalized spacial score (nSPS) is 16.7. The monoisotopic (exact) mass is 520 g/mol. The van der Waals surface area contributed by atoms with Crippen molar-refractivity contribution in [2.75, 3.05) is 37.1 Å². The summed E-state index contributed by atoms with van der Waals surface area (Å²) in [6, 6.07) is 18.4. The summed E-state index contributed by atoms with van der Waals surface area (Å²) in [4.78, 5) is 30.5. The van der Waals surface area contributed by atoms with Gasteiger partial charge in [0.15, 0.2) is 0 Å². The number of amides is 1. The molecule has 7 nitrogen and oxygen atoms in total. The first-order valence-corrected chi connectivity index (χ1v) is 12.4. The van der Waals surface area contributed by atoms with E-state index in [-0.39, 0.29) is 16.9 Å². The van der Waals surface area contributed by atoms with Gasteiger partial charge in [-0.3, -0.25) is 14.5 Å². The molecule has 1 fully saturated rings. The van der Waals surface area contributed by atoms with Crippen LogP contribution in [0.15, 0.2) is 72.3 Å². The van der Waals surface area contributed by atoms with Gasteiger partial charge in [-0.25, -0.2) is 0 Å². The van der Waals surface area contributed by atoms with Gasteiger partial charge in [0.2, 0.25) is 0 Å². The minimum absolute atomic E-state index is 0.0519. The number of benzene rings is 3. The molecule has 3 aromatic rings. The molecule has 1 saturated heterocycles. The number of carbonyl (C=O) groups excluding carboxylic acids is 2. The van der Waals surface area contributed by atoms with Gasteiger partial charge in [-0.15, -0.1) is 0 Å². The summed E-state index contributed by atoms with van der Waals surface area (Å²) in [5, 5.41) is 11.8. The van der Waals surface area contributed by atoms with E-state index in [0.717, 1.165) is 18.8 Å². The number of ether oxygens (including phenoxy) is 2. The molecule has 1 aliphatic heterocycles. The number of aliphatic hydroxyl groups is 1. The number of anilines is 2. The predicted molar refractivity (Wildman–Crippen MR) is 146 cm³/mol. The Morgan fingerprint density at radius 3 is 2.30 bits per heavy atom. The Morgan fingerprint density at radius 1 is 0.973 bits per heavy atom. The van der Waals surface area contributed by atoms with Crippen LogP contribution in [0.4, 0.5) is 11.4 Å². The van der Waals surface area contributed by atoms with Gasteiger partial charge in [0.25, 0.3) is 11.7 Å². The zero-order chi connectivity index (χ0) is 26.7. The van der Waals surface area contributed by atoms with Gasteiger partial charge in [-0.05, 0) is 61.9 Å². The fourth-order valence-corrected chi connectivity index (χ4v) is 4.81. The van der Waals surface area contributed by atoms with Gasteiger partial charge >= 0.3 is 0 Å². The smallest absolute Gasteiger partial charge is 0.300 e. The van der Waals surface area contributed by atoms with Gasteiger partial charge in [0.1, 0.15) is 17.3 Å². The number of halogens is 1. The Hall–Kier alpha value is -3.97. The number of nitrogens with zero attached hydrogens (tertiary/aromatic N) is 2. The van der Waals surface area contributed by atoms with Crippen molar-refractivity contribution in [1.29, 1.82) is 0 Å². The minimum Gasteiger partial charge on any atom is -0.507 e. The van der Waals surface area contributed by atoms with Crippen molar-refractivity contribution in [3.63, 3.8) is 0 Å². The largest absolute Gasteiger partial charge is 0.507 e. The zero-order valence-electron chi connectivity index (χ0n) is 21.2. The third-order valence-corrected chi connectivity index (χ3v) is 6.77. The predicted octanol–water partition coefficient (Wildman–Crippen LogP) is 5.83. The second-order valence-corrected chi connectivity index (χ2v) is 8.92. The molecule has 37 heavy (non-hydrogen) atoms. The van der Waals surface area contributed by atoms with Crippen LogP contribution in [0.25, 0.3) is 5.76 Å². The quantitative estimate of drug-likeness (QED) is 0.229. The van der Waals surface area contributed by atoms with Gasteiger partial charge < -0.3 is 19.5 Å².